The van der Waals surface area contributed by atoms with Gasteiger partial charge in [-0.05, 0) is 51.5 Å². The molecule has 1 N–H and O–H groups in total. The first-order valence-corrected chi connectivity index (χ1v) is 11.3. The van der Waals surface area contributed by atoms with Crippen molar-refractivity contribution in [3.05, 3.63) is 22.5 Å². The molecule has 0 bridgehead atoms. The number of nitrogens with one attached hydrogen (secondary N) is 1. The lowest BCUT2D eigenvalue weighted by Gasteiger charge is -2.39. The maximum absolute atomic E-state index is 12.9. The predicted molar refractivity (Wildman–Crippen MR) is 116 cm³/mol. The van der Waals surface area contributed by atoms with Gasteiger partial charge in [0.05, 0.1) is 11.6 Å². The van der Waals surface area contributed by atoms with Crippen LogP contribution in [0.15, 0.2) is 0 Å². The number of hydrogen-bond donors (Lipinski definition) is 1. The molecule has 2 fully saturated rings. The van der Waals surface area contributed by atoms with Crippen LogP contribution in [0.5, 0.6) is 0 Å². The van der Waals surface area contributed by atoms with Gasteiger partial charge in [0.25, 0.3) is 0 Å². The van der Waals surface area contributed by atoms with Gasteiger partial charge in [-0.25, -0.2) is 0 Å². The normalized spacial score (nSPS) is 27.3. The van der Waals surface area contributed by atoms with Crippen molar-refractivity contribution in [2.75, 3.05) is 6.54 Å². The van der Waals surface area contributed by atoms with Crippen molar-refractivity contribution in [2.45, 2.75) is 79.4 Å². The van der Waals surface area contributed by atoms with Gasteiger partial charge in [0.1, 0.15) is 0 Å². The fourth-order valence-corrected chi connectivity index (χ4v) is 5.26. The fraction of sp³-hybridized carbons (Fsp3) is 0.667. The number of aryl methyl sites for hydroxylation is 1. The summed E-state index contributed by atoms with van der Waals surface area (Å²) in [6.07, 6.45) is 2.37. The lowest BCUT2D eigenvalue weighted by molar-refractivity contribution is -0.151. The molecule has 2 heterocycles. The molecule has 1 aromatic heterocycles. The van der Waals surface area contributed by atoms with E-state index in [0.717, 1.165) is 12.8 Å². The maximum atomic E-state index is 12.9. The quantitative estimate of drug-likeness (QED) is 0.549. The summed E-state index contributed by atoms with van der Waals surface area (Å²) in [6.45, 7) is 11.2. The van der Waals surface area contributed by atoms with Crippen LogP contribution in [0.1, 0.15) is 85.5 Å². The third-order valence-electron chi connectivity index (χ3n) is 7.25. The van der Waals surface area contributed by atoms with Gasteiger partial charge in [-0.2, -0.15) is 0 Å². The molecule has 0 radical (unpaired) electrons. The molecule has 170 valence electrons. The van der Waals surface area contributed by atoms with E-state index in [1.54, 1.807) is 13.8 Å². The van der Waals surface area contributed by atoms with Crippen molar-refractivity contribution in [1.29, 1.82) is 0 Å². The smallest absolute Gasteiger partial charge is 0.311 e. The second kappa shape index (κ2) is 8.97. The van der Waals surface area contributed by atoms with Crippen molar-refractivity contribution >= 4 is 23.4 Å². The van der Waals surface area contributed by atoms with E-state index < -0.39 is 18.0 Å². The van der Waals surface area contributed by atoms with Crippen molar-refractivity contribution in [3.63, 3.8) is 0 Å². The van der Waals surface area contributed by atoms with Gasteiger partial charge in [0, 0.05) is 30.3 Å². The molecule has 1 amide bonds. The molecule has 3 rings (SSSR count). The summed E-state index contributed by atoms with van der Waals surface area (Å²) in [5.41, 5.74) is 1.98. The van der Waals surface area contributed by atoms with Crippen LogP contribution in [-0.2, 0) is 14.3 Å². The first-order valence-electron chi connectivity index (χ1n) is 11.3. The number of esters is 1. The number of likely N-dealkylation sites (tertiary alicyclic amines) is 1. The number of carbonyl (C=O) groups excluding carboxylic acids is 4. The summed E-state index contributed by atoms with van der Waals surface area (Å²) < 4.78 is 5.47. The number of ether oxygens (including phenoxy) is 1. The molecular weight excluding hydrogens is 396 g/mol. The molecule has 0 unspecified atom stereocenters. The number of nitrogens with zero attached hydrogens (tertiary/aromatic N) is 1. The molecule has 1 saturated heterocycles. The van der Waals surface area contributed by atoms with Gasteiger partial charge < -0.3 is 14.6 Å². The number of carbonyl (C=O) groups is 4. The van der Waals surface area contributed by atoms with Crippen LogP contribution < -0.4 is 0 Å². The Balaban J connectivity index is 1.65. The first kappa shape index (κ1) is 23.2. The summed E-state index contributed by atoms with van der Waals surface area (Å²) in [5.74, 6) is -0.602. The predicted octanol–water partition coefficient (Wildman–Crippen LogP) is 3.62. The maximum Gasteiger partial charge on any atom is 0.311 e. The van der Waals surface area contributed by atoms with Crippen molar-refractivity contribution in [3.8, 4) is 0 Å². The minimum absolute atomic E-state index is 0.00573. The van der Waals surface area contributed by atoms with Crippen molar-refractivity contribution in [2.24, 2.45) is 17.8 Å². The van der Waals surface area contributed by atoms with Gasteiger partial charge in [-0.15, -0.1) is 0 Å². The van der Waals surface area contributed by atoms with Crippen LogP contribution in [0.25, 0.3) is 0 Å². The van der Waals surface area contributed by atoms with Crippen LogP contribution in [0, 0.1) is 31.6 Å². The highest BCUT2D eigenvalue weighted by atomic mass is 16.5. The molecule has 1 aliphatic heterocycles. The molecule has 7 heteroatoms. The van der Waals surface area contributed by atoms with E-state index >= 15 is 0 Å². The fourth-order valence-electron chi connectivity index (χ4n) is 5.26. The monoisotopic (exact) mass is 430 g/mol. The molecular formula is C24H34N2O5. The highest BCUT2D eigenvalue weighted by Gasteiger charge is 2.42. The van der Waals surface area contributed by atoms with E-state index in [1.165, 1.54) is 20.3 Å². The molecule has 7 nitrogen and oxygen atoms in total. The highest BCUT2D eigenvalue weighted by Crippen LogP contribution is 2.36. The van der Waals surface area contributed by atoms with E-state index in [1.807, 2.05) is 4.90 Å². The van der Waals surface area contributed by atoms with Crippen LogP contribution in [0.2, 0.25) is 0 Å². The molecule has 1 saturated carbocycles. The van der Waals surface area contributed by atoms with E-state index in [-0.39, 0.29) is 35.6 Å². The largest absolute Gasteiger partial charge is 0.454 e. The zero-order valence-electron chi connectivity index (χ0n) is 19.4. The zero-order chi connectivity index (χ0) is 23.0. The first-order chi connectivity index (χ1) is 14.5. The molecule has 0 aromatic carbocycles. The summed E-state index contributed by atoms with van der Waals surface area (Å²) >= 11 is 0. The Hall–Kier alpha value is -2.44. The number of hydrogen-bond acceptors (Lipinski definition) is 5. The molecule has 1 aliphatic carbocycles. The summed E-state index contributed by atoms with van der Waals surface area (Å²) in [6, 6.07) is 0.169. The summed E-state index contributed by atoms with van der Waals surface area (Å²) in [4.78, 5) is 54.9. The Morgan fingerprint density at radius 1 is 1.16 bits per heavy atom. The van der Waals surface area contributed by atoms with Gasteiger partial charge >= 0.3 is 5.97 Å². The number of H-pyrrole nitrogens is 1. The van der Waals surface area contributed by atoms with Gasteiger partial charge in [0.2, 0.25) is 11.7 Å². The number of Topliss-reactive ketones (excluding diaryl/α,β-unsaturated/α-hetero) is 2. The Bertz CT molecular complexity index is 902. The molecule has 0 spiro atoms. The number of amides is 1. The van der Waals surface area contributed by atoms with Gasteiger partial charge in [-0.3, -0.25) is 19.2 Å². The average Bonchev–Trinajstić information content (AvgIpc) is 3.22. The Morgan fingerprint density at radius 2 is 1.84 bits per heavy atom. The standard InChI is InChI=1S/C24H34N2O5/c1-12-8-7-9-19(13(12)2)26-11-18(10-20(26)28)24(30)31-17(6)23(29)22-14(3)21(16(5)27)15(4)25-22/h12-13,17-19,25H,7-11H2,1-6H3/t12-,13-,17-,18+,19+/m0/s1. The molecule has 1 aromatic rings. The number of rotatable bonds is 6. The Labute approximate surface area is 183 Å². The van der Waals surface area contributed by atoms with E-state index in [4.69, 9.17) is 4.74 Å². The zero-order valence-corrected chi connectivity index (χ0v) is 19.4. The Kier molecular flexibility index (Phi) is 6.72. The van der Waals surface area contributed by atoms with E-state index in [0.29, 0.717) is 35.2 Å². The average molecular weight is 431 g/mol. The van der Waals surface area contributed by atoms with Gasteiger partial charge in [-0.1, -0.05) is 26.7 Å². The highest BCUT2D eigenvalue weighted by molar-refractivity contribution is 6.05. The topological polar surface area (TPSA) is 96.5 Å². The van der Waals surface area contributed by atoms with Crippen LogP contribution in [-0.4, -0.2) is 52.0 Å². The van der Waals surface area contributed by atoms with Crippen LogP contribution in [0.3, 0.4) is 0 Å². The van der Waals surface area contributed by atoms with E-state index in [2.05, 4.69) is 18.8 Å². The summed E-state index contributed by atoms with van der Waals surface area (Å²) in [5, 5.41) is 0. The molecule has 5 atom stereocenters. The minimum Gasteiger partial charge on any atom is -0.454 e. The molecule has 31 heavy (non-hydrogen) atoms. The molecule has 2 aliphatic rings. The number of ketones is 2. The van der Waals surface area contributed by atoms with E-state index in [9.17, 15) is 19.2 Å². The number of aromatic amines is 1. The van der Waals surface area contributed by atoms with Crippen LogP contribution >= 0.6 is 0 Å². The van der Waals surface area contributed by atoms with Gasteiger partial charge in [0.15, 0.2) is 11.9 Å². The minimum atomic E-state index is -0.998. The second-order valence-electron chi connectivity index (χ2n) is 9.41. The number of aromatic nitrogens is 1. The van der Waals surface area contributed by atoms with Crippen molar-refractivity contribution < 1.29 is 23.9 Å². The van der Waals surface area contributed by atoms with Crippen LogP contribution in [0.4, 0.5) is 0 Å². The lowest BCUT2D eigenvalue weighted by Crippen LogP contribution is -2.45. The SMILES string of the molecule is CC(=O)c1c(C)[nH]c(C(=O)[C@H](C)OC(=O)[C@@H]2CC(=O)N([C@@H]3CCC[C@H](C)[C@@H]3C)C2)c1C. The third kappa shape index (κ3) is 4.46. The lowest BCUT2D eigenvalue weighted by atomic mass is 9.77. The Morgan fingerprint density at radius 3 is 2.45 bits per heavy atom. The second-order valence-corrected chi connectivity index (χ2v) is 9.41. The third-order valence-corrected chi connectivity index (χ3v) is 7.25. The van der Waals surface area contributed by atoms with Crippen molar-refractivity contribution in [1.82, 2.24) is 9.88 Å². The summed E-state index contributed by atoms with van der Waals surface area (Å²) in [7, 11) is 0.